The van der Waals surface area contributed by atoms with Gasteiger partial charge in [-0.25, -0.2) is 5.43 Å². The number of benzene rings is 2. The normalized spacial score (nSPS) is 11.0. The summed E-state index contributed by atoms with van der Waals surface area (Å²) in [6.07, 6.45) is 1.56. The number of hydrogen-bond donors (Lipinski definition) is 1. The summed E-state index contributed by atoms with van der Waals surface area (Å²) < 4.78 is 6.11. The molecule has 0 fully saturated rings. The van der Waals surface area contributed by atoms with Gasteiger partial charge >= 0.3 is 0 Å². The first-order valence-corrected chi connectivity index (χ1v) is 8.03. The summed E-state index contributed by atoms with van der Waals surface area (Å²) in [6.45, 7) is 0. The molecule has 1 aromatic heterocycles. The van der Waals surface area contributed by atoms with Gasteiger partial charge in [-0.1, -0.05) is 41.9 Å². The van der Waals surface area contributed by atoms with Crippen molar-refractivity contribution in [1.29, 1.82) is 0 Å². The smallest absolute Gasteiger partial charge is 0.283 e. The zero-order valence-electron chi connectivity index (χ0n) is 12.2. The number of carbonyl (C=O) groups is 1. The van der Waals surface area contributed by atoms with Gasteiger partial charge < -0.3 is 4.74 Å². The summed E-state index contributed by atoms with van der Waals surface area (Å²) in [5.41, 5.74) is 3.33. The van der Waals surface area contributed by atoms with Gasteiger partial charge in [0, 0.05) is 10.1 Å². The average molecular weight is 345 g/mol. The number of thiophene rings is 1. The predicted molar refractivity (Wildman–Crippen MR) is 94.9 cm³/mol. The van der Waals surface area contributed by atoms with Gasteiger partial charge in [0.1, 0.15) is 10.6 Å². The molecule has 0 saturated heterocycles. The highest BCUT2D eigenvalue weighted by molar-refractivity contribution is 7.21. The van der Waals surface area contributed by atoms with Crippen molar-refractivity contribution in [2.24, 2.45) is 5.10 Å². The number of amides is 1. The molecule has 0 bridgehead atoms. The van der Waals surface area contributed by atoms with Crippen molar-refractivity contribution >= 4 is 45.1 Å². The molecule has 0 radical (unpaired) electrons. The maximum absolute atomic E-state index is 12.2. The van der Waals surface area contributed by atoms with Gasteiger partial charge in [0.2, 0.25) is 0 Å². The molecule has 23 heavy (non-hydrogen) atoms. The monoisotopic (exact) mass is 344 g/mol. The van der Waals surface area contributed by atoms with Gasteiger partial charge in [-0.3, -0.25) is 4.79 Å². The van der Waals surface area contributed by atoms with Gasteiger partial charge in [-0.15, -0.1) is 11.3 Å². The molecule has 1 N–H and O–H groups in total. The van der Waals surface area contributed by atoms with E-state index >= 15 is 0 Å². The Morgan fingerprint density at radius 1 is 1.26 bits per heavy atom. The Balaban J connectivity index is 1.75. The Bertz CT molecular complexity index is 889. The van der Waals surface area contributed by atoms with E-state index in [1.54, 1.807) is 13.3 Å². The highest BCUT2D eigenvalue weighted by Crippen LogP contribution is 2.34. The van der Waals surface area contributed by atoms with Crippen molar-refractivity contribution < 1.29 is 9.53 Å². The van der Waals surface area contributed by atoms with E-state index in [0.29, 0.717) is 9.90 Å². The third-order valence-corrected chi connectivity index (χ3v) is 4.89. The number of rotatable bonds is 4. The van der Waals surface area contributed by atoms with Crippen molar-refractivity contribution in [2.45, 2.75) is 0 Å². The number of nitrogens with zero attached hydrogens (tertiary/aromatic N) is 1. The van der Waals surface area contributed by atoms with E-state index in [2.05, 4.69) is 10.5 Å². The van der Waals surface area contributed by atoms with Crippen LogP contribution in [-0.2, 0) is 0 Å². The lowest BCUT2D eigenvalue weighted by Gasteiger charge is -2.00. The van der Waals surface area contributed by atoms with Gasteiger partial charge in [0.05, 0.1) is 18.3 Å². The lowest BCUT2D eigenvalue weighted by Crippen LogP contribution is -2.16. The van der Waals surface area contributed by atoms with E-state index in [9.17, 15) is 4.79 Å². The second kappa shape index (κ2) is 6.81. The Morgan fingerprint density at radius 3 is 2.87 bits per heavy atom. The molecule has 3 aromatic rings. The number of fused-ring (bicyclic) bond motifs is 1. The minimum Gasteiger partial charge on any atom is -0.497 e. The molecular weight excluding hydrogens is 332 g/mol. The van der Waals surface area contributed by atoms with E-state index in [-0.39, 0.29) is 5.91 Å². The van der Waals surface area contributed by atoms with Crippen molar-refractivity contribution in [3.8, 4) is 5.75 Å². The molecule has 0 unspecified atom stereocenters. The van der Waals surface area contributed by atoms with Crippen molar-refractivity contribution in [3.63, 3.8) is 0 Å². The molecule has 0 aliphatic carbocycles. The number of halogens is 1. The highest BCUT2D eigenvalue weighted by Gasteiger charge is 2.16. The fraction of sp³-hybridized carbons (Fsp3) is 0.0588. The van der Waals surface area contributed by atoms with E-state index in [0.717, 1.165) is 21.4 Å². The summed E-state index contributed by atoms with van der Waals surface area (Å²) in [5.74, 6) is 0.406. The van der Waals surface area contributed by atoms with Crippen LogP contribution in [0.15, 0.2) is 53.6 Å². The van der Waals surface area contributed by atoms with Crippen LogP contribution in [0.3, 0.4) is 0 Å². The van der Waals surface area contributed by atoms with Crippen LogP contribution in [0.5, 0.6) is 5.75 Å². The Hall–Kier alpha value is -2.37. The molecular formula is C17H13ClN2O2S. The third kappa shape index (κ3) is 3.36. The van der Waals surface area contributed by atoms with E-state index in [1.807, 2.05) is 48.5 Å². The van der Waals surface area contributed by atoms with Gasteiger partial charge in [-0.2, -0.15) is 5.10 Å². The second-order valence-corrected chi connectivity index (χ2v) is 6.15. The molecule has 0 saturated carbocycles. The summed E-state index contributed by atoms with van der Waals surface area (Å²) in [6, 6.07) is 15.0. The number of nitrogens with one attached hydrogen (secondary N) is 1. The fourth-order valence-corrected chi connectivity index (χ4v) is 3.50. The van der Waals surface area contributed by atoms with Crippen molar-refractivity contribution in [2.75, 3.05) is 7.11 Å². The van der Waals surface area contributed by atoms with Crippen LogP contribution in [0.1, 0.15) is 15.2 Å². The largest absolute Gasteiger partial charge is 0.497 e. The lowest BCUT2D eigenvalue weighted by atomic mass is 10.2. The van der Waals surface area contributed by atoms with Crippen LogP contribution in [0.25, 0.3) is 10.1 Å². The first-order valence-electron chi connectivity index (χ1n) is 6.83. The van der Waals surface area contributed by atoms with Crippen molar-refractivity contribution in [1.82, 2.24) is 5.43 Å². The van der Waals surface area contributed by atoms with Gasteiger partial charge in [0.15, 0.2) is 0 Å². The van der Waals surface area contributed by atoms with Gasteiger partial charge in [-0.05, 0) is 23.8 Å². The Morgan fingerprint density at radius 2 is 2.09 bits per heavy atom. The third-order valence-electron chi connectivity index (χ3n) is 3.21. The van der Waals surface area contributed by atoms with E-state index < -0.39 is 0 Å². The zero-order chi connectivity index (χ0) is 16.2. The maximum Gasteiger partial charge on any atom is 0.283 e. The summed E-state index contributed by atoms with van der Waals surface area (Å²) in [7, 11) is 1.60. The van der Waals surface area contributed by atoms with Crippen LogP contribution in [0.2, 0.25) is 5.02 Å². The van der Waals surface area contributed by atoms with Crippen LogP contribution in [0, 0.1) is 0 Å². The van der Waals surface area contributed by atoms with Crippen LogP contribution in [-0.4, -0.2) is 19.2 Å². The molecule has 0 aliphatic heterocycles. The molecule has 1 amide bonds. The predicted octanol–water partition coefficient (Wildman–Crippen LogP) is 4.33. The molecule has 4 nitrogen and oxygen atoms in total. The summed E-state index contributed by atoms with van der Waals surface area (Å²) in [4.78, 5) is 12.7. The second-order valence-electron chi connectivity index (χ2n) is 4.72. The quantitative estimate of drug-likeness (QED) is 0.565. The number of hydrazone groups is 1. The van der Waals surface area contributed by atoms with Crippen LogP contribution in [0.4, 0.5) is 0 Å². The van der Waals surface area contributed by atoms with Crippen LogP contribution < -0.4 is 10.2 Å². The van der Waals surface area contributed by atoms with E-state index in [4.69, 9.17) is 16.3 Å². The number of carbonyl (C=O) groups excluding carboxylic acids is 1. The van der Waals surface area contributed by atoms with Crippen LogP contribution >= 0.6 is 22.9 Å². The first kappa shape index (κ1) is 15.5. The topological polar surface area (TPSA) is 50.7 Å². The fourth-order valence-electron chi connectivity index (χ4n) is 2.10. The number of hydrogen-bond acceptors (Lipinski definition) is 4. The standard InChI is InChI=1S/C17H13ClN2O2S/c1-22-12-6-4-5-11(9-12)10-19-20-17(21)16-15(18)13-7-2-3-8-14(13)23-16/h2-10H,1H3,(H,20,21)/b19-10-. The average Bonchev–Trinajstić information content (AvgIpc) is 2.92. The first-order chi connectivity index (χ1) is 11.2. The minimum atomic E-state index is -0.324. The van der Waals surface area contributed by atoms with E-state index in [1.165, 1.54) is 11.3 Å². The summed E-state index contributed by atoms with van der Waals surface area (Å²) >= 11 is 7.62. The molecule has 0 spiro atoms. The molecule has 2 aromatic carbocycles. The molecule has 1 heterocycles. The lowest BCUT2D eigenvalue weighted by molar-refractivity contribution is 0.0959. The number of ether oxygens (including phenoxy) is 1. The maximum atomic E-state index is 12.2. The Kier molecular flexibility index (Phi) is 4.60. The van der Waals surface area contributed by atoms with Crippen molar-refractivity contribution in [3.05, 3.63) is 64.0 Å². The number of methoxy groups -OCH3 is 1. The van der Waals surface area contributed by atoms with Gasteiger partial charge in [0.25, 0.3) is 5.91 Å². The highest BCUT2D eigenvalue weighted by atomic mass is 35.5. The molecule has 3 rings (SSSR count). The summed E-state index contributed by atoms with van der Waals surface area (Å²) in [5, 5.41) is 5.31. The SMILES string of the molecule is COc1cccc(/C=N\NC(=O)c2sc3ccccc3c2Cl)c1. The molecule has 116 valence electrons. The molecule has 0 atom stereocenters. The molecule has 0 aliphatic rings. The Labute approximate surface area is 142 Å². The molecule has 6 heteroatoms. The minimum absolute atomic E-state index is 0.324. The zero-order valence-corrected chi connectivity index (χ0v) is 13.8.